The first-order chi connectivity index (χ1) is 12.5. The van der Waals surface area contributed by atoms with E-state index in [9.17, 15) is 8.42 Å². The van der Waals surface area contributed by atoms with E-state index in [1.807, 2.05) is 16.7 Å². The Balaban J connectivity index is 1.45. The first kappa shape index (κ1) is 16.2. The molecule has 2 aliphatic rings. The minimum Gasteiger partial charge on any atom is -0.345 e. The number of fused-ring (bicyclic) bond motifs is 3. The number of nitrogens with zero attached hydrogens (tertiary/aromatic N) is 4. The zero-order valence-corrected chi connectivity index (χ0v) is 15.4. The van der Waals surface area contributed by atoms with Crippen molar-refractivity contribution in [2.24, 2.45) is 5.92 Å². The largest absolute Gasteiger partial charge is 0.345 e. The molecular weight excluding hydrogens is 352 g/mol. The highest BCUT2D eigenvalue weighted by molar-refractivity contribution is 7.90. The van der Waals surface area contributed by atoms with Gasteiger partial charge in [-0.1, -0.05) is 13.3 Å². The summed E-state index contributed by atoms with van der Waals surface area (Å²) in [7, 11) is -3.20. The minimum atomic E-state index is -3.20. The molecule has 9 heteroatoms. The molecule has 3 aromatic heterocycles. The third-order valence-electron chi connectivity index (χ3n) is 6.00. The zero-order chi connectivity index (χ0) is 17.9. The Bertz CT molecular complexity index is 1070. The van der Waals surface area contributed by atoms with E-state index < -0.39 is 10.0 Å². The van der Waals surface area contributed by atoms with Gasteiger partial charge in [-0.3, -0.25) is 4.40 Å². The molecule has 0 saturated heterocycles. The van der Waals surface area contributed by atoms with Crippen molar-refractivity contribution in [2.75, 3.05) is 0 Å². The SMILES string of the molecule is CC1C[C@@H](NS(=O)(=O)C2CCC2)C[C@@H]1c1nnc2cnc3[nH]ccc3n12. The van der Waals surface area contributed by atoms with Crippen LogP contribution in [0.3, 0.4) is 0 Å². The Labute approximate surface area is 151 Å². The fraction of sp³-hybridized carbons (Fsp3) is 0.588. The van der Waals surface area contributed by atoms with Gasteiger partial charge in [0.2, 0.25) is 10.0 Å². The number of hydrogen-bond acceptors (Lipinski definition) is 5. The molecule has 2 aliphatic carbocycles. The molecule has 8 nitrogen and oxygen atoms in total. The van der Waals surface area contributed by atoms with Crippen LogP contribution >= 0.6 is 0 Å². The van der Waals surface area contributed by atoms with Gasteiger partial charge in [0.1, 0.15) is 5.82 Å². The molecule has 3 atom stereocenters. The highest BCUT2D eigenvalue weighted by Gasteiger charge is 2.39. The van der Waals surface area contributed by atoms with E-state index in [1.54, 1.807) is 6.20 Å². The zero-order valence-electron chi connectivity index (χ0n) is 14.6. The maximum absolute atomic E-state index is 12.5. The number of sulfonamides is 1. The second-order valence-corrected chi connectivity index (χ2v) is 9.68. The fourth-order valence-electron chi connectivity index (χ4n) is 4.35. The van der Waals surface area contributed by atoms with Crippen LogP contribution in [0.4, 0.5) is 0 Å². The van der Waals surface area contributed by atoms with Crippen LogP contribution in [0, 0.1) is 5.92 Å². The third-order valence-corrected chi connectivity index (χ3v) is 8.01. The average Bonchev–Trinajstić information content (AvgIpc) is 3.21. The molecule has 2 saturated carbocycles. The predicted molar refractivity (Wildman–Crippen MR) is 97.3 cm³/mol. The summed E-state index contributed by atoms with van der Waals surface area (Å²) in [5, 5.41) is 8.51. The van der Waals surface area contributed by atoms with Crippen LogP contribution < -0.4 is 4.72 Å². The molecule has 5 rings (SSSR count). The number of nitrogens with one attached hydrogen (secondary N) is 2. The number of hydrogen-bond donors (Lipinski definition) is 2. The van der Waals surface area contributed by atoms with Gasteiger partial charge in [0.25, 0.3) is 0 Å². The molecule has 0 bridgehead atoms. The van der Waals surface area contributed by atoms with E-state index in [0.29, 0.717) is 5.92 Å². The summed E-state index contributed by atoms with van der Waals surface area (Å²) in [6.07, 6.45) is 7.74. The molecule has 3 aromatic rings. The smallest absolute Gasteiger partial charge is 0.214 e. The average molecular weight is 374 g/mol. The number of aromatic nitrogens is 5. The molecular formula is C17H22N6O2S. The van der Waals surface area contributed by atoms with E-state index in [-0.39, 0.29) is 17.2 Å². The molecule has 3 heterocycles. The van der Waals surface area contributed by atoms with E-state index >= 15 is 0 Å². The van der Waals surface area contributed by atoms with Crippen molar-refractivity contribution in [3.8, 4) is 0 Å². The van der Waals surface area contributed by atoms with Crippen LogP contribution in [0.5, 0.6) is 0 Å². The molecule has 0 amide bonds. The Morgan fingerprint density at radius 1 is 1.27 bits per heavy atom. The quantitative estimate of drug-likeness (QED) is 0.726. The summed E-state index contributed by atoms with van der Waals surface area (Å²) in [6, 6.07) is 1.94. The standard InChI is InChI=1S/C17H22N6O2S/c1-10-7-11(22-26(24,25)12-3-2-4-12)8-13(10)17-21-20-15-9-19-16-14(23(15)17)5-6-18-16/h5-6,9-13,18,22H,2-4,7-8H2,1H3/t10?,11-,13+/m1/s1. The number of rotatable bonds is 4. The number of aromatic amines is 1. The normalized spacial score (nSPS) is 27.3. The highest BCUT2D eigenvalue weighted by atomic mass is 32.2. The molecule has 1 unspecified atom stereocenters. The lowest BCUT2D eigenvalue weighted by Crippen LogP contribution is -2.42. The molecule has 26 heavy (non-hydrogen) atoms. The summed E-state index contributed by atoms with van der Waals surface area (Å²) < 4.78 is 29.9. The van der Waals surface area contributed by atoms with Crippen LogP contribution in [0.1, 0.15) is 50.8 Å². The summed E-state index contributed by atoms with van der Waals surface area (Å²) in [4.78, 5) is 7.47. The van der Waals surface area contributed by atoms with Crippen molar-refractivity contribution in [2.45, 2.75) is 56.2 Å². The maximum atomic E-state index is 12.5. The molecule has 0 aliphatic heterocycles. The summed E-state index contributed by atoms with van der Waals surface area (Å²) in [5.41, 5.74) is 2.47. The van der Waals surface area contributed by atoms with Crippen LogP contribution in [0.25, 0.3) is 16.8 Å². The van der Waals surface area contributed by atoms with Crippen molar-refractivity contribution in [1.82, 2.24) is 29.3 Å². The van der Waals surface area contributed by atoms with Crippen LogP contribution in [-0.4, -0.2) is 44.3 Å². The minimum absolute atomic E-state index is 0.0310. The van der Waals surface area contributed by atoms with Crippen LogP contribution in [0.2, 0.25) is 0 Å². The Kier molecular flexibility index (Phi) is 3.58. The lowest BCUT2D eigenvalue weighted by molar-refractivity contribution is 0.458. The predicted octanol–water partition coefficient (Wildman–Crippen LogP) is 1.96. The Hall–Kier alpha value is -2.00. The van der Waals surface area contributed by atoms with Crippen molar-refractivity contribution in [1.29, 1.82) is 0 Å². The molecule has 0 radical (unpaired) electrons. The monoisotopic (exact) mass is 374 g/mol. The first-order valence-electron chi connectivity index (χ1n) is 9.21. The molecule has 2 fully saturated rings. The van der Waals surface area contributed by atoms with Crippen LogP contribution in [-0.2, 0) is 10.0 Å². The lowest BCUT2D eigenvalue weighted by Gasteiger charge is -2.27. The molecule has 2 N–H and O–H groups in total. The van der Waals surface area contributed by atoms with Gasteiger partial charge in [-0.15, -0.1) is 10.2 Å². The Morgan fingerprint density at radius 2 is 2.12 bits per heavy atom. The second kappa shape index (κ2) is 5.75. The number of H-pyrrole nitrogens is 1. The third kappa shape index (κ3) is 2.44. The maximum Gasteiger partial charge on any atom is 0.214 e. The van der Waals surface area contributed by atoms with Crippen molar-refractivity contribution in [3.63, 3.8) is 0 Å². The lowest BCUT2D eigenvalue weighted by atomic mass is 9.97. The van der Waals surface area contributed by atoms with E-state index in [2.05, 4.69) is 31.8 Å². The summed E-state index contributed by atoms with van der Waals surface area (Å²) in [6.45, 7) is 2.17. The van der Waals surface area contributed by atoms with Crippen molar-refractivity contribution in [3.05, 3.63) is 24.3 Å². The van der Waals surface area contributed by atoms with Gasteiger partial charge in [-0.05, 0) is 37.7 Å². The van der Waals surface area contributed by atoms with Gasteiger partial charge in [-0.25, -0.2) is 18.1 Å². The Morgan fingerprint density at radius 3 is 2.88 bits per heavy atom. The second-order valence-electron chi connectivity index (χ2n) is 7.69. The molecule has 0 aromatic carbocycles. The van der Waals surface area contributed by atoms with Gasteiger partial charge in [0.05, 0.1) is 17.0 Å². The van der Waals surface area contributed by atoms with E-state index in [0.717, 1.165) is 54.7 Å². The topological polar surface area (TPSA) is 105 Å². The molecule has 0 spiro atoms. The van der Waals surface area contributed by atoms with E-state index in [1.165, 1.54) is 0 Å². The van der Waals surface area contributed by atoms with Crippen molar-refractivity contribution < 1.29 is 8.42 Å². The van der Waals surface area contributed by atoms with E-state index in [4.69, 9.17) is 0 Å². The van der Waals surface area contributed by atoms with Gasteiger partial charge in [0, 0.05) is 18.2 Å². The summed E-state index contributed by atoms with van der Waals surface area (Å²) >= 11 is 0. The van der Waals surface area contributed by atoms with Gasteiger partial charge < -0.3 is 4.98 Å². The van der Waals surface area contributed by atoms with Crippen molar-refractivity contribution >= 4 is 26.8 Å². The van der Waals surface area contributed by atoms with Crippen LogP contribution in [0.15, 0.2) is 18.5 Å². The summed E-state index contributed by atoms with van der Waals surface area (Å²) in [5.74, 6) is 1.39. The highest BCUT2D eigenvalue weighted by Crippen LogP contribution is 2.40. The fourth-order valence-corrected chi connectivity index (χ4v) is 6.16. The van der Waals surface area contributed by atoms with Gasteiger partial charge in [0.15, 0.2) is 11.3 Å². The van der Waals surface area contributed by atoms with Gasteiger partial charge >= 0.3 is 0 Å². The molecule has 138 valence electrons. The van der Waals surface area contributed by atoms with Gasteiger partial charge in [-0.2, -0.15) is 0 Å². The first-order valence-corrected chi connectivity index (χ1v) is 10.8.